The van der Waals surface area contributed by atoms with Crippen molar-refractivity contribution >= 4 is 32.5 Å². The number of hydrogen-bond acceptors (Lipinski definition) is 5. The molecule has 31 heavy (non-hydrogen) atoms. The maximum Gasteiger partial charge on any atom is 0.338 e. The topological polar surface area (TPSA) is 80.8 Å². The Bertz CT molecular complexity index is 1230. The first-order valence-electron chi connectivity index (χ1n) is 10.1. The van der Waals surface area contributed by atoms with Crippen molar-refractivity contribution in [3.8, 4) is 0 Å². The fraction of sp³-hybridized carbons (Fsp3) is 0.250. The molecular formula is C24H25NO5S. The lowest BCUT2D eigenvalue weighted by Gasteiger charge is -2.20. The number of carbonyl (C=O) groups excluding carboxylic acids is 2. The third-order valence-corrected chi connectivity index (χ3v) is 7.34. The minimum atomic E-state index is -3.72. The molecule has 0 saturated heterocycles. The van der Waals surface area contributed by atoms with Crippen LogP contribution < -0.4 is 0 Å². The SMILES string of the molecule is CCN(CC)S(=O)(=O)c1cc(C(=O)OCC(=O)c2ccc3ccccc3c2)ccc1C. The van der Waals surface area contributed by atoms with Crippen LogP contribution in [0.15, 0.2) is 65.6 Å². The molecule has 6 nitrogen and oxygen atoms in total. The number of sulfonamides is 1. The highest BCUT2D eigenvalue weighted by atomic mass is 32.2. The van der Waals surface area contributed by atoms with Gasteiger partial charge in [0.05, 0.1) is 10.5 Å². The lowest BCUT2D eigenvalue weighted by Crippen LogP contribution is -2.31. The second-order valence-corrected chi connectivity index (χ2v) is 9.04. The molecule has 7 heteroatoms. The first-order valence-corrected chi connectivity index (χ1v) is 11.5. The molecule has 0 amide bonds. The summed E-state index contributed by atoms with van der Waals surface area (Å²) in [5.74, 6) is -1.08. The number of Topliss-reactive ketones (excluding diaryl/α,β-unsaturated/α-hetero) is 1. The molecule has 0 radical (unpaired) electrons. The van der Waals surface area contributed by atoms with Gasteiger partial charge in [-0.05, 0) is 41.5 Å². The molecule has 0 saturated carbocycles. The van der Waals surface area contributed by atoms with E-state index in [4.69, 9.17) is 4.74 Å². The summed E-state index contributed by atoms with van der Waals surface area (Å²) in [7, 11) is -3.72. The van der Waals surface area contributed by atoms with Crippen LogP contribution in [0.25, 0.3) is 10.8 Å². The molecule has 0 aliphatic carbocycles. The molecule has 162 valence electrons. The van der Waals surface area contributed by atoms with E-state index in [0.29, 0.717) is 24.2 Å². The zero-order valence-electron chi connectivity index (χ0n) is 17.8. The van der Waals surface area contributed by atoms with E-state index in [9.17, 15) is 18.0 Å². The number of ketones is 1. The summed E-state index contributed by atoms with van der Waals surface area (Å²) in [6.07, 6.45) is 0. The summed E-state index contributed by atoms with van der Waals surface area (Å²) in [6.45, 7) is 5.41. The average Bonchev–Trinajstić information content (AvgIpc) is 2.77. The molecule has 0 fully saturated rings. The summed E-state index contributed by atoms with van der Waals surface area (Å²) in [5.41, 5.74) is 1.07. The smallest absolute Gasteiger partial charge is 0.338 e. The zero-order chi connectivity index (χ0) is 22.6. The van der Waals surface area contributed by atoms with Crippen molar-refractivity contribution in [2.24, 2.45) is 0 Å². The third kappa shape index (κ3) is 4.84. The van der Waals surface area contributed by atoms with Gasteiger partial charge in [-0.3, -0.25) is 4.79 Å². The maximum absolute atomic E-state index is 12.9. The standard InChI is InChI=1S/C24H25NO5S/c1-4-25(5-2)31(28,29)23-15-21(11-10-17(23)3)24(27)30-16-22(26)20-13-12-18-8-6-7-9-19(18)14-20/h6-15H,4-5,16H2,1-3H3. The van der Waals surface area contributed by atoms with Crippen LogP contribution in [0.4, 0.5) is 0 Å². The highest BCUT2D eigenvalue weighted by Gasteiger charge is 2.25. The Hall–Kier alpha value is -3.03. The molecule has 0 aliphatic heterocycles. The van der Waals surface area contributed by atoms with Gasteiger partial charge in [0.15, 0.2) is 12.4 Å². The van der Waals surface area contributed by atoms with Crippen LogP contribution in [-0.4, -0.2) is 44.2 Å². The van der Waals surface area contributed by atoms with Crippen LogP contribution in [0, 0.1) is 6.92 Å². The normalized spacial score (nSPS) is 11.6. The van der Waals surface area contributed by atoms with E-state index in [-0.39, 0.29) is 16.2 Å². The van der Waals surface area contributed by atoms with E-state index >= 15 is 0 Å². The number of esters is 1. The van der Waals surface area contributed by atoms with E-state index < -0.39 is 22.6 Å². The Morgan fingerprint density at radius 1 is 0.871 bits per heavy atom. The van der Waals surface area contributed by atoms with Gasteiger partial charge in [0, 0.05) is 18.7 Å². The number of nitrogens with zero attached hydrogens (tertiary/aromatic N) is 1. The molecule has 0 spiro atoms. The van der Waals surface area contributed by atoms with E-state index in [1.165, 1.54) is 16.4 Å². The van der Waals surface area contributed by atoms with E-state index in [2.05, 4.69) is 0 Å². The van der Waals surface area contributed by atoms with Gasteiger partial charge in [-0.1, -0.05) is 56.3 Å². The van der Waals surface area contributed by atoms with E-state index in [1.807, 2.05) is 30.3 Å². The summed E-state index contributed by atoms with van der Waals surface area (Å²) in [6, 6.07) is 17.3. The zero-order valence-corrected chi connectivity index (χ0v) is 18.6. The number of rotatable bonds is 8. The highest BCUT2D eigenvalue weighted by molar-refractivity contribution is 7.89. The predicted molar refractivity (Wildman–Crippen MR) is 120 cm³/mol. The Morgan fingerprint density at radius 2 is 1.52 bits per heavy atom. The van der Waals surface area contributed by atoms with Crippen molar-refractivity contribution < 1.29 is 22.7 Å². The van der Waals surface area contributed by atoms with Crippen molar-refractivity contribution in [1.82, 2.24) is 4.31 Å². The Kier molecular flexibility index (Phi) is 6.87. The number of carbonyl (C=O) groups is 2. The summed E-state index contributed by atoms with van der Waals surface area (Å²) in [4.78, 5) is 25.1. The number of benzene rings is 3. The first kappa shape index (κ1) is 22.7. The molecule has 0 aromatic heterocycles. The van der Waals surface area contributed by atoms with Crippen LogP contribution in [-0.2, 0) is 14.8 Å². The maximum atomic E-state index is 12.9. The highest BCUT2D eigenvalue weighted by Crippen LogP contribution is 2.22. The minimum Gasteiger partial charge on any atom is -0.454 e. The van der Waals surface area contributed by atoms with Gasteiger partial charge >= 0.3 is 5.97 Å². The van der Waals surface area contributed by atoms with E-state index in [0.717, 1.165) is 10.8 Å². The van der Waals surface area contributed by atoms with Crippen molar-refractivity contribution in [3.05, 3.63) is 77.4 Å². The largest absolute Gasteiger partial charge is 0.454 e. The lowest BCUT2D eigenvalue weighted by molar-refractivity contribution is 0.0474. The Labute approximate surface area is 182 Å². The van der Waals surface area contributed by atoms with Crippen molar-refractivity contribution in [1.29, 1.82) is 0 Å². The van der Waals surface area contributed by atoms with Gasteiger partial charge in [-0.2, -0.15) is 4.31 Å². The molecule has 0 unspecified atom stereocenters. The van der Waals surface area contributed by atoms with Crippen LogP contribution >= 0.6 is 0 Å². The van der Waals surface area contributed by atoms with E-state index in [1.54, 1.807) is 39.0 Å². The van der Waals surface area contributed by atoms with Gasteiger partial charge < -0.3 is 4.74 Å². The molecule has 0 aliphatic rings. The minimum absolute atomic E-state index is 0.0616. The van der Waals surface area contributed by atoms with Crippen molar-refractivity contribution in [2.75, 3.05) is 19.7 Å². The fourth-order valence-corrected chi connectivity index (χ4v) is 5.08. The first-order chi connectivity index (χ1) is 14.8. The third-order valence-electron chi connectivity index (χ3n) is 5.15. The van der Waals surface area contributed by atoms with Crippen molar-refractivity contribution in [3.63, 3.8) is 0 Å². The lowest BCUT2D eigenvalue weighted by atomic mass is 10.0. The molecule has 3 rings (SSSR count). The van der Waals surface area contributed by atoms with Crippen LogP contribution in [0.3, 0.4) is 0 Å². The summed E-state index contributed by atoms with van der Waals surface area (Å²) >= 11 is 0. The Balaban J connectivity index is 1.76. The van der Waals surface area contributed by atoms with Crippen LogP contribution in [0.5, 0.6) is 0 Å². The van der Waals surface area contributed by atoms with Gasteiger partial charge in [0.25, 0.3) is 0 Å². The molecule has 0 N–H and O–H groups in total. The van der Waals surface area contributed by atoms with Gasteiger partial charge in [0.1, 0.15) is 0 Å². The second-order valence-electron chi connectivity index (χ2n) is 7.13. The number of fused-ring (bicyclic) bond motifs is 1. The number of aryl methyl sites for hydroxylation is 1. The fourth-order valence-electron chi connectivity index (χ4n) is 3.37. The van der Waals surface area contributed by atoms with Crippen LogP contribution in [0.1, 0.15) is 40.1 Å². The quantitative estimate of drug-likeness (QED) is 0.388. The average molecular weight is 440 g/mol. The van der Waals surface area contributed by atoms with Gasteiger partial charge in [-0.25, -0.2) is 13.2 Å². The summed E-state index contributed by atoms with van der Waals surface area (Å²) < 4.78 is 32.2. The van der Waals surface area contributed by atoms with Crippen molar-refractivity contribution in [2.45, 2.75) is 25.7 Å². The van der Waals surface area contributed by atoms with Gasteiger partial charge in [0.2, 0.25) is 10.0 Å². The molecule has 0 atom stereocenters. The molecule has 3 aromatic rings. The predicted octanol–water partition coefficient (Wildman–Crippen LogP) is 4.22. The molecule has 0 heterocycles. The van der Waals surface area contributed by atoms with Crippen LogP contribution in [0.2, 0.25) is 0 Å². The molecule has 0 bridgehead atoms. The molecular weight excluding hydrogens is 414 g/mol. The molecule has 3 aromatic carbocycles. The number of ether oxygens (including phenoxy) is 1. The Morgan fingerprint density at radius 3 is 2.19 bits per heavy atom. The monoisotopic (exact) mass is 439 g/mol. The van der Waals surface area contributed by atoms with Gasteiger partial charge in [-0.15, -0.1) is 0 Å². The second kappa shape index (κ2) is 9.41. The summed E-state index contributed by atoms with van der Waals surface area (Å²) in [5, 5.41) is 1.93. The number of hydrogen-bond donors (Lipinski definition) is 0.